The Morgan fingerprint density at radius 3 is 2.32 bits per heavy atom. The van der Waals surface area contributed by atoms with Gasteiger partial charge in [-0.15, -0.1) is 0 Å². The van der Waals surface area contributed by atoms with E-state index in [1.807, 2.05) is 12.2 Å². The molecule has 2 aromatic carbocycles. The Morgan fingerprint density at radius 2 is 1.71 bits per heavy atom. The van der Waals surface area contributed by atoms with Gasteiger partial charge in [0, 0.05) is 72.6 Å². The number of hydrogen-bond donors (Lipinski definition) is 1. The molecular weight excluding hydrogens is 768 g/mol. The number of anilines is 2. The number of aromatic nitrogens is 1. The van der Waals surface area contributed by atoms with Crippen LogP contribution in [-0.2, 0) is 28.0 Å². The third-order valence-electron chi connectivity index (χ3n) is 11.4. The number of carbonyl (C=O) groups is 3. The number of likely N-dealkylation sites (tertiary alicyclic amines) is 1. The summed E-state index contributed by atoms with van der Waals surface area (Å²) in [4.78, 5) is 52.2. The standard InChI is InChI=1S/C39H42ClF6N5O5/c1-21-22(2)36(54)48(3)18-26(21)24-15-29(40)27(33(16-24)56-4)19-49-12-11-28(38(42,43)20-49)23-9-13-50(14-10-23)31-6-5-25(17-30(31)41)51(37(55)39(44,45)46)32-7-8-34(52)47-35(32)53/h5-6,15-18,23,28,32H,7-14,19-20H2,1-4H3,(H,47,52,53). The van der Waals surface area contributed by atoms with E-state index in [1.165, 1.54) is 17.7 Å². The average molecular weight is 810 g/mol. The Morgan fingerprint density at radius 1 is 1.02 bits per heavy atom. The zero-order valence-corrected chi connectivity index (χ0v) is 32.0. The smallest absolute Gasteiger partial charge is 0.471 e. The van der Waals surface area contributed by atoms with Crippen molar-refractivity contribution in [2.75, 3.05) is 43.1 Å². The van der Waals surface area contributed by atoms with Gasteiger partial charge in [-0.25, -0.2) is 13.2 Å². The van der Waals surface area contributed by atoms with E-state index in [0.29, 0.717) is 41.3 Å². The van der Waals surface area contributed by atoms with Crippen molar-refractivity contribution in [1.82, 2.24) is 14.8 Å². The first-order chi connectivity index (χ1) is 26.3. The summed E-state index contributed by atoms with van der Waals surface area (Å²) >= 11 is 6.76. The van der Waals surface area contributed by atoms with Crippen molar-refractivity contribution in [2.24, 2.45) is 18.9 Å². The third-order valence-corrected chi connectivity index (χ3v) is 11.7. The Bertz CT molecular complexity index is 2100. The highest BCUT2D eigenvalue weighted by Crippen LogP contribution is 2.44. The molecule has 3 aromatic rings. The van der Waals surface area contributed by atoms with Crippen LogP contribution in [0.25, 0.3) is 11.1 Å². The number of pyridine rings is 1. The van der Waals surface area contributed by atoms with E-state index in [1.54, 1.807) is 42.1 Å². The van der Waals surface area contributed by atoms with Gasteiger partial charge >= 0.3 is 12.1 Å². The summed E-state index contributed by atoms with van der Waals surface area (Å²) in [6.45, 7) is 4.01. The second kappa shape index (κ2) is 15.8. The van der Waals surface area contributed by atoms with Crippen molar-refractivity contribution in [2.45, 2.75) is 70.6 Å². The summed E-state index contributed by atoms with van der Waals surface area (Å²) in [7, 11) is 3.15. The lowest BCUT2D eigenvalue weighted by atomic mass is 9.76. The lowest BCUT2D eigenvalue weighted by Gasteiger charge is -2.45. The Balaban J connectivity index is 1.11. The fraction of sp³-hybridized carbons (Fsp3) is 0.487. The Hall–Kier alpha value is -4.57. The second-order valence-electron chi connectivity index (χ2n) is 14.8. The number of halogens is 7. The summed E-state index contributed by atoms with van der Waals surface area (Å²) in [5, 5.41) is 2.26. The Labute approximate surface area is 324 Å². The van der Waals surface area contributed by atoms with Crippen LogP contribution in [0.4, 0.5) is 37.7 Å². The number of piperidine rings is 3. The molecule has 0 aliphatic carbocycles. The molecule has 0 radical (unpaired) electrons. The fourth-order valence-corrected chi connectivity index (χ4v) is 8.55. The van der Waals surface area contributed by atoms with Gasteiger partial charge in [-0.05, 0) is 93.5 Å². The first-order valence-corrected chi connectivity index (χ1v) is 18.6. The molecule has 3 fully saturated rings. The molecule has 3 aliphatic rings. The maximum absolute atomic E-state index is 15.9. The molecule has 56 heavy (non-hydrogen) atoms. The van der Waals surface area contributed by atoms with E-state index in [0.717, 1.165) is 28.8 Å². The molecule has 4 heterocycles. The zero-order valence-electron chi connectivity index (χ0n) is 31.2. The van der Waals surface area contributed by atoms with E-state index < -0.39 is 59.8 Å². The van der Waals surface area contributed by atoms with Crippen molar-refractivity contribution in [1.29, 1.82) is 0 Å². The van der Waals surface area contributed by atoms with Crippen LogP contribution in [0.3, 0.4) is 0 Å². The minimum absolute atomic E-state index is 0.0231. The molecule has 17 heteroatoms. The predicted molar refractivity (Wildman–Crippen MR) is 198 cm³/mol. The Kier molecular flexibility index (Phi) is 11.6. The lowest BCUT2D eigenvalue weighted by Crippen LogP contribution is -2.57. The number of benzene rings is 2. The molecule has 1 aromatic heterocycles. The van der Waals surface area contributed by atoms with Gasteiger partial charge in [0.2, 0.25) is 11.8 Å². The lowest BCUT2D eigenvalue weighted by molar-refractivity contribution is -0.171. The van der Waals surface area contributed by atoms with E-state index in [2.05, 4.69) is 0 Å². The topological polar surface area (TPSA) is 104 Å². The number of amides is 3. The van der Waals surface area contributed by atoms with Gasteiger partial charge in [-0.3, -0.25) is 34.3 Å². The van der Waals surface area contributed by atoms with E-state index in [9.17, 15) is 32.3 Å². The molecule has 302 valence electrons. The number of ether oxygens (including phenoxy) is 1. The minimum Gasteiger partial charge on any atom is -0.496 e. The van der Waals surface area contributed by atoms with Crippen LogP contribution in [0.15, 0.2) is 41.3 Å². The van der Waals surface area contributed by atoms with Gasteiger partial charge in [0.05, 0.1) is 19.3 Å². The molecule has 2 unspecified atom stereocenters. The van der Waals surface area contributed by atoms with Gasteiger partial charge in [0.1, 0.15) is 17.6 Å². The number of imide groups is 1. The molecule has 3 amide bonds. The van der Waals surface area contributed by atoms with Crippen LogP contribution in [0.1, 0.15) is 48.8 Å². The summed E-state index contributed by atoms with van der Waals surface area (Å²) in [6.07, 6.45) is -3.48. The molecule has 1 N–H and O–H groups in total. The summed E-state index contributed by atoms with van der Waals surface area (Å²) in [6, 6.07) is 4.90. The highest BCUT2D eigenvalue weighted by molar-refractivity contribution is 6.32. The van der Waals surface area contributed by atoms with Crippen LogP contribution < -0.4 is 25.4 Å². The largest absolute Gasteiger partial charge is 0.496 e. The van der Waals surface area contributed by atoms with Crippen molar-refractivity contribution >= 4 is 40.7 Å². The van der Waals surface area contributed by atoms with Crippen LogP contribution in [0.5, 0.6) is 5.75 Å². The summed E-state index contributed by atoms with van der Waals surface area (Å²) in [5.41, 5.74) is 2.89. The van der Waals surface area contributed by atoms with Gasteiger partial charge in [-0.2, -0.15) is 13.2 Å². The van der Waals surface area contributed by atoms with Crippen molar-refractivity contribution < 1.29 is 45.5 Å². The molecule has 3 aliphatic heterocycles. The van der Waals surface area contributed by atoms with Crippen LogP contribution in [-0.4, -0.2) is 78.6 Å². The summed E-state index contributed by atoms with van der Waals surface area (Å²) < 4.78 is 95.3. The van der Waals surface area contributed by atoms with Gasteiger partial charge in [0.15, 0.2) is 0 Å². The molecular formula is C39H42ClF6N5O5. The quantitative estimate of drug-likeness (QED) is 0.204. The maximum Gasteiger partial charge on any atom is 0.471 e. The minimum atomic E-state index is -5.38. The van der Waals surface area contributed by atoms with Crippen LogP contribution >= 0.6 is 11.6 Å². The average Bonchev–Trinajstić information content (AvgIpc) is 3.13. The fourth-order valence-electron chi connectivity index (χ4n) is 8.28. The molecule has 0 saturated carbocycles. The number of nitrogens with zero attached hydrogens (tertiary/aromatic N) is 4. The zero-order chi connectivity index (χ0) is 40.9. The van der Waals surface area contributed by atoms with E-state index >= 15 is 13.2 Å². The van der Waals surface area contributed by atoms with Crippen molar-refractivity contribution in [3.8, 4) is 16.9 Å². The molecule has 3 saturated heterocycles. The predicted octanol–water partition coefficient (Wildman–Crippen LogP) is 6.54. The number of rotatable bonds is 8. The number of hydrogen-bond acceptors (Lipinski definition) is 7. The van der Waals surface area contributed by atoms with Gasteiger partial charge in [-0.1, -0.05) is 11.6 Å². The maximum atomic E-state index is 15.9. The monoisotopic (exact) mass is 809 g/mol. The summed E-state index contributed by atoms with van der Waals surface area (Å²) in [5.74, 6) is -9.04. The van der Waals surface area contributed by atoms with Crippen molar-refractivity contribution in [3.63, 3.8) is 0 Å². The highest BCUT2D eigenvalue weighted by Gasteiger charge is 2.50. The molecule has 2 atom stereocenters. The van der Waals surface area contributed by atoms with Gasteiger partial charge < -0.3 is 14.2 Å². The molecule has 6 rings (SSSR count). The number of methoxy groups -OCH3 is 1. The molecule has 0 spiro atoms. The van der Waals surface area contributed by atoms with E-state index in [-0.39, 0.29) is 61.0 Å². The number of alkyl halides is 5. The first kappa shape index (κ1) is 41.1. The SMILES string of the molecule is COc1cc(-c2cn(C)c(=O)c(C)c2C)cc(Cl)c1CN1CCC(C2CCN(c3ccc(N(C(=O)C(F)(F)F)C4CCC(=O)NC4=O)cc3F)CC2)C(F)(F)C1. The molecule has 0 bridgehead atoms. The van der Waals surface area contributed by atoms with Gasteiger partial charge in [0.25, 0.3) is 11.5 Å². The second-order valence-corrected chi connectivity index (χ2v) is 15.2. The van der Waals surface area contributed by atoms with E-state index in [4.69, 9.17) is 16.3 Å². The van der Waals surface area contributed by atoms with Crippen molar-refractivity contribution in [3.05, 3.63) is 74.4 Å². The van der Waals surface area contributed by atoms with Crippen LogP contribution in [0, 0.1) is 31.5 Å². The third kappa shape index (κ3) is 8.13. The van der Waals surface area contributed by atoms with Crippen LogP contribution in [0.2, 0.25) is 5.02 Å². The normalized spacial score (nSPS) is 20.9. The number of aryl methyl sites for hydroxylation is 1. The number of nitrogens with one attached hydrogen (secondary N) is 1. The molecule has 10 nitrogen and oxygen atoms in total. The highest BCUT2D eigenvalue weighted by atomic mass is 35.5. The number of carbonyl (C=O) groups excluding carboxylic acids is 3. The first-order valence-electron chi connectivity index (χ1n) is 18.2.